The van der Waals surface area contributed by atoms with Crippen LogP contribution in [0.4, 0.5) is 11.4 Å². The van der Waals surface area contributed by atoms with Crippen LogP contribution in [0, 0.1) is 11.8 Å². The van der Waals surface area contributed by atoms with Crippen molar-refractivity contribution in [1.29, 1.82) is 0 Å². The molecule has 73 heavy (non-hydrogen) atoms. The molecule has 1 amide bonds. The zero-order valence-corrected chi connectivity index (χ0v) is 44.0. The predicted molar refractivity (Wildman–Crippen MR) is 288 cm³/mol. The van der Waals surface area contributed by atoms with Crippen molar-refractivity contribution in [2.24, 2.45) is 17.6 Å². The van der Waals surface area contributed by atoms with Gasteiger partial charge in [-0.25, -0.2) is 0 Å². The van der Waals surface area contributed by atoms with Gasteiger partial charge in [-0.3, -0.25) is 9.59 Å². The van der Waals surface area contributed by atoms with Gasteiger partial charge in [0.1, 0.15) is 29.8 Å². The second kappa shape index (κ2) is 26.6. The second-order valence-corrected chi connectivity index (χ2v) is 21.5. The molecule has 0 radical (unpaired) electrons. The highest BCUT2D eigenvalue weighted by Gasteiger charge is 2.34. The minimum atomic E-state index is -0.887. The van der Waals surface area contributed by atoms with Crippen LogP contribution in [0.15, 0.2) is 84.9 Å². The quantitative estimate of drug-likeness (QED) is 0.0686. The number of nitrogens with two attached hydrogens (primary N) is 1. The van der Waals surface area contributed by atoms with Crippen LogP contribution in [-0.2, 0) is 19.1 Å². The number of aliphatic hydroxyl groups is 2. The molecule has 6 heterocycles. The molecule has 15 nitrogen and oxygen atoms in total. The Morgan fingerprint density at radius 3 is 1.49 bits per heavy atom. The first-order chi connectivity index (χ1) is 35.3. The zero-order chi connectivity index (χ0) is 51.4. The summed E-state index contributed by atoms with van der Waals surface area (Å²) in [5, 5.41) is 36.2. The van der Waals surface area contributed by atoms with Crippen LogP contribution >= 0.6 is 46.4 Å². The Balaban J connectivity index is 0.000000179. The van der Waals surface area contributed by atoms with Crippen molar-refractivity contribution >= 4 is 69.7 Å². The van der Waals surface area contributed by atoms with Gasteiger partial charge in [0.2, 0.25) is 5.91 Å². The lowest BCUT2D eigenvalue weighted by Crippen LogP contribution is -2.48. The minimum absolute atomic E-state index is 0. The van der Waals surface area contributed by atoms with Crippen LogP contribution in [0.3, 0.4) is 0 Å². The van der Waals surface area contributed by atoms with E-state index in [2.05, 4.69) is 24.9 Å². The van der Waals surface area contributed by atoms with Crippen LogP contribution in [0.25, 0.3) is 0 Å². The highest BCUT2D eigenvalue weighted by atomic mass is 35.5. The number of anilines is 2. The van der Waals surface area contributed by atoms with E-state index in [1.165, 1.54) is 12.8 Å². The molecule has 6 aliphatic heterocycles. The number of benzene rings is 4. The van der Waals surface area contributed by atoms with Crippen molar-refractivity contribution in [2.75, 3.05) is 102 Å². The van der Waals surface area contributed by atoms with Gasteiger partial charge in [-0.15, -0.1) is 0 Å². The first-order valence-corrected chi connectivity index (χ1v) is 27.0. The molecule has 6 saturated heterocycles. The summed E-state index contributed by atoms with van der Waals surface area (Å²) in [4.78, 5) is 33.0. The number of carboxylic acids is 1. The van der Waals surface area contributed by atoms with E-state index in [1.807, 2.05) is 60.7 Å². The maximum absolute atomic E-state index is 13.3. The fraction of sp³-hybridized carbons (Fsp3) is 0.519. The van der Waals surface area contributed by atoms with Gasteiger partial charge in [0.25, 0.3) is 0 Å². The van der Waals surface area contributed by atoms with Crippen molar-refractivity contribution < 1.29 is 45.3 Å². The Morgan fingerprint density at radius 1 is 0.630 bits per heavy atom. The third-order valence-electron chi connectivity index (χ3n) is 14.3. The molecule has 0 aromatic heterocycles. The monoisotopic (exact) mass is 1090 g/mol. The molecule has 4 aromatic rings. The van der Waals surface area contributed by atoms with E-state index in [0.29, 0.717) is 89.8 Å². The number of aliphatic carboxylic acids is 1. The second-order valence-electron chi connectivity index (χ2n) is 19.8. The summed E-state index contributed by atoms with van der Waals surface area (Å²) in [5.41, 5.74) is 9.65. The van der Waals surface area contributed by atoms with Crippen LogP contribution in [0.5, 0.6) is 11.5 Å². The molecule has 6 N–H and O–H groups in total. The summed E-state index contributed by atoms with van der Waals surface area (Å²) in [5.74, 6) is 0.101. The molecule has 0 bridgehead atoms. The van der Waals surface area contributed by atoms with Gasteiger partial charge >= 0.3 is 5.97 Å². The van der Waals surface area contributed by atoms with E-state index in [1.54, 1.807) is 24.3 Å². The van der Waals surface area contributed by atoms with Gasteiger partial charge in [-0.1, -0.05) is 58.5 Å². The smallest absolute Gasteiger partial charge is 0.308 e. The SMILES string of the molecule is N[C@H](CN1CCCC1)C(O)c1ccc(OC2COC2)c(Cl)c1.O=C(N[C@H](CN1CCCC1)[C@H](O)c1ccc(OC2COC2)c(Cl)c1)[C@@H]1CCN(c2ccc(Cl)cc2)C1.O=C(O)[C@@H]1CCN(c2ccc(Cl)cc2)C1.[3HH]. The Morgan fingerprint density at radius 2 is 1.07 bits per heavy atom. The average molecular weight is 1090 g/mol. The molecule has 1 unspecified atom stereocenters. The van der Waals surface area contributed by atoms with E-state index in [9.17, 15) is 19.8 Å². The van der Waals surface area contributed by atoms with Crippen molar-refractivity contribution in [3.05, 3.63) is 116 Å². The number of likely N-dealkylation sites (tertiary alicyclic amines) is 2. The number of nitrogens with one attached hydrogen (secondary N) is 1. The van der Waals surface area contributed by atoms with E-state index < -0.39 is 24.2 Å². The highest BCUT2D eigenvalue weighted by molar-refractivity contribution is 6.32. The van der Waals surface area contributed by atoms with Gasteiger partial charge in [0.05, 0.1) is 60.5 Å². The lowest BCUT2D eigenvalue weighted by Gasteiger charge is -2.30. The van der Waals surface area contributed by atoms with E-state index in [4.69, 9.17) is 76.2 Å². The van der Waals surface area contributed by atoms with Gasteiger partial charge in [0.15, 0.2) is 0 Å². The number of carbonyl (C=O) groups excluding carboxylic acids is 1. The standard InChI is InChI=1S/C27H33Cl2N3O4.C16H23ClN2O3.C11H12ClNO2.H2/c28-20-4-6-21(7-5-20)32-12-9-19(14-32)27(34)30-24(15-31-10-1-2-11-31)26(33)18-3-8-25(23(29)13-18)36-22-16-35-17-22;17-13-7-11(3-4-15(13)22-12-9-21-10-12)16(20)14(18)8-19-5-1-2-6-19;12-9-1-3-10(4-2-9)13-6-5-8(7-13)11(14)15;/h3-8,13,19,22,24,26,33H,1-2,9-12,14-17H2,(H,30,34);3-4,7,12,14,16,20H,1-2,5-6,8-10,18H2;1-4,8H,5-7H2,(H,14,15);1H/t19-,24-,26-;14-,16?;8-;/m111./s1/i;;;1+2. The normalized spacial score (nSPS) is 22.0. The molecular formula is C54H70Cl4N6O9. The van der Waals surface area contributed by atoms with Gasteiger partial charge in [-0.05, 0) is 149 Å². The molecule has 398 valence electrons. The molecule has 6 aliphatic rings. The number of nitrogens with zero attached hydrogens (tertiary/aromatic N) is 4. The van der Waals surface area contributed by atoms with Crippen molar-refractivity contribution in [2.45, 2.75) is 75.0 Å². The Kier molecular flexibility index (Phi) is 20.1. The fourth-order valence-corrected chi connectivity index (χ4v) is 10.6. The molecule has 0 aliphatic carbocycles. The number of carboxylic acid groups (broad SMARTS) is 1. The first kappa shape index (κ1) is 55.1. The molecule has 6 fully saturated rings. The first-order valence-electron chi connectivity index (χ1n) is 25.4. The molecule has 6 atom stereocenters. The summed E-state index contributed by atoms with van der Waals surface area (Å²) >= 11 is 24.5. The molecule has 19 heteroatoms. The summed E-state index contributed by atoms with van der Waals surface area (Å²) in [7, 11) is 0. The van der Waals surface area contributed by atoms with E-state index >= 15 is 0 Å². The number of halogens is 4. The Labute approximate surface area is 449 Å². The van der Waals surface area contributed by atoms with Crippen LogP contribution < -0.4 is 30.3 Å². The van der Waals surface area contributed by atoms with Gasteiger partial charge < -0.3 is 64.9 Å². The number of rotatable bonds is 17. The lowest BCUT2D eigenvalue weighted by molar-refractivity contribution is -0.141. The maximum atomic E-state index is 13.3. The molecular weight excluding hydrogens is 1020 g/mol. The molecule has 4 aromatic carbocycles. The molecule has 0 spiro atoms. The van der Waals surface area contributed by atoms with Gasteiger partial charge in [0, 0.05) is 68.2 Å². The molecule has 10 rings (SSSR count). The number of aliphatic hydroxyl groups excluding tert-OH is 2. The van der Waals surface area contributed by atoms with Crippen LogP contribution in [-0.4, -0.2) is 153 Å². The number of carbonyl (C=O) groups is 2. The van der Waals surface area contributed by atoms with Crippen LogP contribution in [0.1, 0.15) is 63.3 Å². The number of hydrogen-bond donors (Lipinski definition) is 5. The Bertz CT molecular complexity index is 2410. The largest absolute Gasteiger partial charge is 0.484 e. The van der Waals surface area contributed by atoms with E-state index in [0.717, 1.165) is 81.9 Å². The fourth-order valence-electron chi connectivity index (χ4n) is 9.84. The summed E-state index contributed by atoms with van der Waals surface area (Å²) in [6.45, 7) is 10.5. The third kappa shape index (κ3) is 15.5. The number of amides is 1. The molecule has 0 saturated carbocycles. The number of hydrogen-bond acceptors (Lipinski definition) is 13. The number of ether oxygens (including phenoxy) is 4. The lowest BCUT2D eigenvalue weighted by atomic mass is 10.00. The topological polar surface area (TPSA) is 183 Å². The third-order valence-corrected chi connectivity index (χ3v) is 15.4. The Hall–Kier alpha value is -4.10. The van der Waals surface area contributed by atoms with Crippen molar-refractivity contribution in [1.82, 2.24) is 15.1 Å². The average Bonchev–Trinajstić information content (AvgIpc) is 4.22. The zero-order valence-electron chi connectivity index (χ0n) is 41.0. The predicted octanol–water partition coefficient (Wildman–Crippen LogP) is 7.98. The highest BCUT2D eigenvalue weighted by Crippen LogP contribution is 2.34. The van der Waals surface area contributed by atoms with Crippen LogP contribution in [0.2, 0.25) is 20.1 Å². The van der Waals surface area contributed by atoms with Crippen molar-refractivity contribution in [3.63, 3.8) is 0 Å². The minimum Gasteiger partial charge on any atom is -0.484 e. The van der Waals surface area contributed by atoms with Gasteiger partial charge in [-0.2, -0.15) is 0 Å². The van der Waals surface area contributed by atoms with Crippen molar-refractivity contribution in [3.8, 4) is 11.5 Å². The summed E-state index contributed by atoms with van der Waals surface area (Å²) in [6.07, 6.45) is 4.67. The summed E-state index contributed by atoms with van der Waals surface area (Å²) < 4.78 is 21.8. The van der Waals surface area contributed by atoms with E-state index in [-0.39, 0.29) is 37.4 Å². The summed E-state index contributed by atoms with van der Waals surface area (Å²) in [6, 6.07) is 25.2. The maximum Gasteiger partial charge on any atom is 0.308 e.